The Labute approximate surface area is 368 Å². The van der Waals surface area contributed by atoms with Gasteiger partial charge in [-0.05, 0) is 148 Å². The third-order valence-electron chi connectivity index (χ3n) is 13.3. The molecule has 2 heterocycles. The molecule has 1 aliphatic carbocycles. The molecule has 0 bridgehead atoms. The molecule has 0 amide bonds. The van der Waals surface area contributed by atoms with Crippen LogP contribution in [0.15, 0.2) is 150 Å². The molecule has 3 aliphatic rings. The number of para-hydroxylation sites is 1. The topological polar surface area (TPSA) is 94.1 Å². The van der Waals surface area contributed by atoms with Crippen molar-refractivity contribution in [2.45, 2.75) is 96.3 Å². The van der Waals surface area contributed by atoms with Crippen LogP contribution in [0.25, 0.3) is 21.5 Å². The van der Waals surface area contributed by atoms with Gasteiger partial charge in [0.05, 0.1) is 27.5 Å². The monoisotopic (exact) mass is 849 g/mol. The Balaban J connectivity index is 1.21. The van der Waals surface area contributed by atoms with Gasteiger partial charge in [-0.25, -0.2) is 8.42 Å². The number of hydrogen-bond acceptors (Lipinski definition) is 5. The van der Waals surface area contributed by atoms with Gasteiger partial charge in [0, 0.05) is 48.1 Å². The lowest BCUT2D eigenvalue weighted by molar-refractivity contribution is -0.789. The van der Waals surface area contributed by atoms with Gasteiger partial charge in [0.2, 0.25) is 5.69 Å². The van der Waals surface area contributed by atoms with E-state index in [0.717, 1.165) is 85.4 Å². The number of fused-ring (bicyclic) bond motifs is 5. The van der Waals surface area contributed by atoms with Gasteiger partial charge < -0.3 is 14.4 Å². The average molecular weight is 850 g/mol. The minimum absolute atomic E-state index is 0.207. The first kappa shape index (κ1) is 43.5. The molecular weight excluding hydrogens is 789 g/mol. The first-order chi connectivity index (χ1) is 29.9. The van der Waals surface area contributed by atoms with Crippen molar-refractivity contribution >= 4 is 48.7 Å². The zero-order valence-electron chi connectivity index (χ0n) is 36.8. The van der Waals surface area contributed by atoms with Gasteiger partial charge >= 0.3 is 0 Å². The van der Waals surface area contributed by atoms with E-state index in [1.54, 1.807) is 0 Å². The maximum atomic E-state index is 11.5. The Hall–Kier alpha value is -5.12. The SMILES string of the molecule is CC1(C)C(C=CC2=C(Oc3ccccc3)C(=CC=C3[NH+](CCCCCCO)c4ccc5ccccc5c4C3(C)C)CCC2)=[N+](CCCCS(=O)(=O)[O-])c2cc3ccccc3cc21. The van der Waals surface area contributed by atoms with Crippen LogP contribution in [0.2, 0.25) is 0 Å². The van der Waals surface area contributed by atoms with Crippen LogP contribution in [0.3, 0.4) is 0 Å². The van der Waals surface area contributed by atoms with Crippen LogP contribution >= 0.6 is 0 Å². The number of nitrogens with one attached hydrogen (secondary N) is 1. The largest absolute Gasteiger partial charge is 0.748 e. The standard InChI is InChI=1S/C54H60N2O5S/c1-53(2)46-37-42-20-10-11-21-43(42)38-48(46)56(34-15-17-36-62(58,59)60)49(53)31-28-40-22-18-23-41(52(40)61-44-24-8-7-9-25-44)29-32-50-54(3,4)51-45-26-13-12-19-39(45)27-30-47(51)55(50)33-14-5-6-16-35-57/h7-13,19-21,24-32,37-38,57H,5-6,14-18,22-23,33-36H2,1-4H3/p+1. The van der Waals surface area contributed by atoms with Crippen LogP contribution in [0, 0.1) is 0 Å². The highest BCUT2D eigenvalue weighted by Crippen LogP contribution is 2.45. The molecule has 2 aliphatic heterocycles. The fraction of sp³-hybridized carbons (Fsp3) is 0.352. The van der Waals surface area contributed by atoms with Gasteiger partial charge in [-0.3, -0.25) is 4.90 Å². The van der Waals surface area contributed by atoms with E-state index in [1.807, 2.05) is 30.3 Å². The predicted molar refractivity (Wildman–Crippen MR) is 252 cm³/mol. The summed E-state index contributed by atoms with van der Waals surface area (Å²) in [7, 11) is -4.29. The van der Waals surface area contributed by atoms with Crippen LogP contribution < -0.4 is 9.64 Å². The zero-order valence-corrected chi connectivity index (χ0v) is 37.6. The van der Waals surface area contributed by atoms with E-state index in [0.29, 0.717) is 19.4 Å². The van der Waals surface area contributed by atoms with E-state index < -0.39 is 10.1 Å². The molecule has 0 radical (unpaired) electrons. The van der Waals surface area contributed by atoms with Crippen molar-refractivity contribution in [3.8, 4) is 5.75 Å². The molecule has 0 saturated heterocycles. The van der Waals surface area contributed by atoms with E-state index in [4.69, 9.17) is 4.74 Å². The number of allylic oxidation sites excluding steroid dienone is 7. The van der Waals surface area contributed by atoms with Gasteiger partial charge in [-0.1, -0.05) is 73.2 Å². The van der Waals surface area contributed by atoms with Crippen molar-refractivity contribution in [2.75, 3.05) is 25.4 Å². The van der Waals surface area contributed by atoms with Crippen molar-refractivity contribution < 1.29 is 32.3 Å². The van der Waals surface area contributed by atoms with E-state index in [2.05, 4.69) is 129 Å². The van der Waals surface area contributed by atoms with E-state index >= 15 is 0 Å². The summed E-state index contributed by atoms with van der Waals surface area (Å²) in [5.41, 5.74) is 9.36. The number of benzene rings is 5. The van der Waals surface area contributed by atoms with Gasteiger partial charge in [0.15, 0.2) is 5.71 Å². The summed E-state index contributed by atoms with van der Waals surface area (Å²) in [5.74, 6) is 1.33. The molecule has 0 saturated carbocycles. The zero-order chi connectivity index (χ0) is 43.5. The molecule has 1 atom stereocenters. The minimum Gasteiger partial charge on any atom is -0.748 e. The second-order valence-corrected chi connectivity index (χ2v) is 19.8. The highest BCUT2D eigenvalue weighted by molar-refractivity contribution is 7.85. The first-order valence-corrected chi connectivity index (χ1v) is 24.1. The van der Waals surface area contributed by atoms with Crippen molar-refractivity contribution in [3.63, 3.8) is 0 Å². The summed E-state index contributed by atoms with van der Waals surface area (Å²) in [6, 6.07) is 36.4. The lowest BCUT2D eigenvalue weighted by Crippen LogP contribution is -3.04. The molecule has 5 aromatic rings. The van der Waals surface area contributed by atoms with Gasteiger partial charge in [-0.2, -0.15) is 4.58 Å². The summed E-state index contributed by atoms with van der Waals surface area (Å²) >= 11 is 0. The summed E-state index contributed by atoms with van der Waals surface area (Å²) in [6.07, 6.45) is 16.9. The second-order valence-electron chi connectivity index (χ2n) is 18.3. The molecule has 8 heteroatoms. The van der Waals surface area contributed by atoms with Crippen LogP contribution in [0.1, 0.15) is 96.6 Å². The molecule has 2 N–H and O–H groups in total. The predicted octanol–water partition coefficient (Wildman–Crippen LogP) is 10.6. The Bertz CT molecular complexity index is 2740. The van der Waals surface area contributed by atoms with Crippen LogP contribution in [0.4, 0.5) is 11.4 Å². The summed E-state index contributed by atoms with van der Waals surface area (Å²) in [4.78, 5) is 1.42. The number of unbranched alkanes of at least 4 members (excludes halogenated alkanes) is 4. The van der Waals surface area contributed by atoms with E-state index in [9.17, 15) is 18.1 Å². The normalized spacial score (nSPS) is 19.7. The lowest BCUT2D eigenvalue weighted by Gasteiger charge is -2.24. The number of hydrogen-bond donors (Lipinski definition) is 2. The van der Waals surface area contributed by atoms with Crippen molar-refractivity contribution in [2.24, 2.45) is 0 Å². The quantitative estimate of drug-likeness (QED) is 0.0586. The highest BCUT2D eigenvalue weighted by Gasteiger charge is 2.47. The van der Waals surface area contributed by atoms with Gasteiger partial charge in [0.1, 0.15) is 29.4 Å². The van der Waals surface area contributed by atoms with Crippen molar-refractivity contribution in [3.05, 3.63) is 161 Å². The second kappa shape index (κ2) is 18.3. The molecule has 5 aromatic carbocycles. The summed E-state index contributed by atoms with van der Waals surface area (Å²) in [5, 5.41) is 14.3. The maximum Gasteiger partial charge on any atom is 0.210 e. The van der Waals surface area contributed by atoms with Gasteiger partial charge in [-0.15, -0.1) is 0 Å². The lowest BCUT2D eigenvalue weighted by atomic mass is 9.80. The number of nitrogens with zero attached hydrogens (tertiary/aromatic N) is 1. The number of aliphatic hydroxyl groups is 1. The molecular formula is C54H61N2O5S+. The van der Waals surface area contributed by atoms with Crippen LogP contribution in [0.5, 0.6) is 5.75 Å². The average Bonchev–Trinajstić information content (AvgIpc) is 3.60. The fourth-order valence-corrected chi connectivity index (χ4v) is 10.7. The summed E-state index contributed by atoms with van der Waals surface area (Å²) < 4.78 is 43.8. The fourth-order valence-electron chi connectivity index (χ4n) is 10.2. The Morgan fingerprint density at radius 3 is 2.23 bits per heavy atom. The van der Waals surface area contributed by atoms with E-state index in [1.165, 1.54) is 49.1 Å². The number of quaternary nitrogens is 1. The molecule has 322 valence electrons. The molecule has 62 heavy (non-hydrogen) atoms. The van der Waals surface area contributed by atoms with Gasteiger partial charge in [0.25, 0.3) is 0 Å². The minimum atomic E-state index is -4.29. The third kappa shape index (κ3) is 9.02. The number of ether oxygens (including phenoxy) is 1. The molecule has 8 rings (SSSR count). The Morgan fingerprint density at radius 2 is 1.47 bits per heavy atom. The molecule has 7 nitrogen and oxygen atoms in total. The molecule has 0 aromatic heterocycles. The smallest absolute Gasteiger partial charge is 0.210 e. The van der Waals surface area contributed by atoms with Crippen molar-refractivity contribution in [1.82, 2.24) is 0 Å². The highest BCUT2D eigenvalue weighted by atomic mass is 32.2. The first-order valence-electron chi connectivity index (χ1n) is 22.5. The summed E-state index contributed by atoms with van der Waals surface area (Å²) in [6.45, 7) is 11.1. The number of rotatable bonds is 16. The van der Waals surface area contributed by atoms with Crippen molar-refractivity contribution in [1.29, 1.82) is 0 Å². The Kier molecular flexibility index (Phi) is 12.9. The third-order valence-corrected chi connectivity index (χ3v) is 14.1. The molecule has 0 fully saturated rings. The van der Waals surface area contributed by atoms with E-state index in [-0.39, 0.29) is 23.2 Å². The molecule has 1 unspecified atom stereocenters. The maximum absolute atomic E-state index is 11.5. The number of aliphatic hydroxyl groups excluding tert-OH is 1. The Morgan fingerprint density at radius 1 is 0.758 bits per heavy atom. The molecule has 0 spiro atoms. The van der Waals surface area contributed by atoms with Crippen LogP contribution in [-0.2, 0) is 20.9 Å². The van der Waals surface area contributed by atoms with Crippen LogP contribution in [-0.4, -0.2) is 53.8 Å².